The van der Waals surface area contributed by atoms with Crippen LogP contribution in [0.4, 0.5) is 0 Å². The van der Waals surface area contributed by atoms with Crippen LogP contribution >= 0.6 is 0 Å². The molecule has 114 valence electrons. The molecule has 0 aromatic carbocycles. The van der Waals surface area contributed by atoms with Gasteiger partial charge in [-0.05, 0) is 0 Å². The summed E-state index contributed by atoms with van der Waals surface area (Å²) < 4.78 is 20.5. The van der Waals surface area contributed by atoms with Crippen molar-refractivity contribution >= 4 is 27.0 Å². The predicted octanol–water partition coefficient (Wildman–Crippen LogP) is 3.29. The van der Waals surface area contributed by atoms with Crippen LogP contribution in [0.3, 0.4) is 0 Å². The van der Waals surface area contributed by atoms with Crippen LogP contribution < -0.4 is 13.8 Å². The molecule has 0 aliphatic heterocycles. The Balaban J connectivity index is 2.10. The third-order valence-electron chi connectivity index (χ3n) is 3.87. The van der Waals surface area contributed by atoms with Crippen molar-refractivity contribution in [3.05, 3.63) is 67.3 Å². The quantitative estimate of drug-likeness (QED) is 0.481. The molecular weight excluding hydrogens is 337 g/mol. The summed E-state index contributed by atoms with van der Waals surface area (Å²) in [6, 6.07) is 12.0. The van der Waals surface area contributed by atoms with Crippen LogP contribution in [0, 0.1) is 0 Å². The van der Waals surface area contributed by atoms with Crippen molar-refractivity contribution in [1.29, 1.82) is 0 Å². The van der Waals surface area contributed by atoms with Crippen LogP contribution in [0.25, 0.3) is 0 Å². The van der Waals surface area contributed by atoms with Crippen molar-refractivity contribution < 1.29 is 13.3 Å². The maximum absolute atomic E-state index is 5.83. The van der Waals surface area contributed by atoms with E-state index in [0.717, 1.165) is 31.9 Å². The summed E-state index contributed by atoms with van der Waals surface area (Å²) in [5.41, 5.74) is 0. The maximum atomic E-state index is 5.83. The summed E-state index contributed by atoms with van der Waals surface area (Å²) in [4.78, 5) is 0. The average Bonchev–Trinajstić information content (AvgIpc) is 3.29. The Morgan fingerprint density at radius 2 is 1.32 bits per heavy atom. The molecule has 0 aliphatic rings. The van der Waals surface area contributed by atoms with Gasteiger partial charge in [-0.3, -0.25) is 0 Å². The molecule has 0 saturated carbocycles. The first kappa shape index (κ1) is 15.0. The molecule has 0 radical (unpaired) electrons. The number of allylic oxidation sites excluding steroid dienone is 2. The Labute approximate surface area is 133 Å². The van der Waals surface area contributed by atoms with Gasteiger partial charge in [0, 0.05) is 0 Å². The zero-order valence-electron chi connectivity index (χ0n) is 12.7. The van der Waals surface area contributed by atoms with E-state index in [1.54, 1.807) is 18.8 Å². The van der Waals surface area contributed by atoms with E-state index >= 15 is 0 Å². The monoisotopic (exact) mass is 358 g/mol. The normalized spacial score (nSPS) is 12.2. The second-order valence-electron chi connectivity index (χ2n) is 5.30. The minimum atomic E-state index is -3.05. The minimum absolute atomic E-state index is 0.911. The SMILES string of the molecule is CCC/C=C/[CH2][Ge]([c]1ccco1)([c]1ccco1)[c]1ccco1. The zero-order valence-corrected chi connectivity index (χ0v) is 14.8. The molecular formula is C18H20GeO3. The second-order valence-corrected chi connectivity index (χ2v) is 13.1. The number of unbranched alkanes of at least 4 members (excludes halogenated alkanes) is 1. The first-order valence-electron chi connectivity index (χ1n) is 7.65. The van der Waals surface area contributed by atoms with E-state index in [9.17, 15) is 0 Å². The fourth-order valence-electron chi connectivity index (χ4n) is 2.77. The molecule has 4 heteroatoms. The van der Waals surface area contributed by atoms with Gasteiger partial charge in [-0.15, -0.1) is 0 Å². The van der Waals surface area contributed by atoms with E-state index in [4.69, 9.17) is 13.3 Å². The van der Waals surface area contributed by atoms with Gasteiger partial charge in [-0.25, -0.2) is 0 Å². The fourth-order valence-corrected chi connectivity index (χ4v) is 10.8. The van der Waals surface area contributed by atoms with Gasteiger partial charge < -0.3 is 0 Å². The van der Waals surface area contributed by atoms with Crippen LogP contribution in [0.15, 0.2) is 80.6 Å². The van der Waals surface area contributed by atoms with Gasteiger partial charge in [0.05, 0.1) is 0 Å². The van der Waals surface area contributed by atoms with E-state index in [1.165, 1.54) is 0 Å². The topological polar surface area (TPSA) is 39.4 Å². The van der Waals surface area contributed by atoms with Crippen molar-refractivity contribution in [3.8, 4) is 0 Å². The van der Waals surface area contributed by atoms with Crippen molar-refractivity contribution in [2.24, 2.45) is 0 Å². The molecule has 0 spiro atoms. The molecule has 0 aliphatic carbocycles. The molecule has 3 heterocycles. The number of hydrogen-bond acceptors (Lipinski definition) is 3. The van der Waals surface area contributed by atoms with Crippen LogP contribution in [0.1, 0.15) is 19.8 Å². The molecule has 0 saturated heterocycles. The molecule has 0 N–H and O–H groups in total. The first-order valence-corrected chi connectivity index (χ1v) is 12.3. The van der Waals surface area contributed by atoms with Gasteiger partial charge in [0.1, 0.15) is 0 Å². The van der Waals surface area contributed by atoms with E-state index in [2.05, 4.69) is 37.3 Å². The fraction of sp³-hybridized carbons (Fsp3) is 0.222. The third-order valence-corrected chi connectivity index (χ3v) is 12.7. The van der Waals surface area contributed by atoms with Crippen molar-refractivity contribution in [2.75, 3.05) is 0 Å². The molecule has 0 fully saturated rings. The summed E-state index contributed by atoms with van der Waals surface area (Å²) in [7, 11) is 0. The predicted molar refractivity (Wildman–Crippen MR) is 89.6 cm³/mol. The number of rotatable bonds is 7. The first-order chi connectivity index (χ1) is 10.9. The van der Waals surface area contributed by atoms with Crippen LogP contribution in [0.5, 0.6) is 0 Å². The van der Waals surface area contributed by atoms with Crippen LogP contribution in [-0.4, -0.2) is 13.3 Å². The van der Waals surface area contributed by atoms with Crippen molar-refractivity contribution in [2.45, 2.75) is 25.0 Å². The Kier molecular flexibility index (Phi) is 4.73. The van der Waals surface area contributed by atoms with Gasteiger partial charge in [-0.2, -0.15) is 0 Å². The molecule has 3 nitrogen and oxygen atoms in total. The Morgan fingerprint density at radius 1 is 0.818 bits per heavy atom. The molecule has 0 atom stereocenters. The summed E-state index contributed by atoms with van der Waals surface area (Å²) in [6.45, 7) is 2.19. The number of hydrogen-bond donors (Lipinski definition) is 0. The van der Waals surface area contributed by atoms with E-state index in [0.29, 0.717) is 0 Å². The van der Waals surface area contributed by atoms with Crippen LogP contribution in [0.2, 0.25) is 5.25 Å². The molecule has 3 aromatic heterocycles. The molecule has 22 heavy (non-hydrogen) atoms. The van der Waals surface area contributed by atoms with Gasteiger partial charge in [-0.1, -0.05) is 0 Å². The van der Waals surface area contributed by atoms with Gasteiger partial charge >= 0.3 is 133 Å². The van der Waals surface area contributed by atoms with E-state index in [1.807, 2.05) is 18.2 Å². The van der Waals surface area contributed by atoms with E-state index < -0.39 is 13.3 Å². The van der Waals surface area contributed by atoms with Crippen LogP contribution in [-0.2, 0) is 0 Å². The summed E-state index contributed by atoms with van der Waals surface area (Å²) >= 11 is -3.05. The standard InChI is InChI=1S/C18H20GeO3/c1-2-3-4-5-12-19(16-9-6-13-20-16,17-10-7-14-21-17)18-11-8-15-22-18/h4-11,13-15H,2-3,12H2,1H3/b5-4+. The Hall–Kier alpha value is -1.88. The van der Waals surface area contributed by atoms with E-state index in [-0.39, 0.29) is 0 Å². The van der Waals surface area contributed by atoms with Crippen molar-refractivity contribution in [3.63, 3.8) is 0 Å². The Morgan fingerprint density at radius 3 is 1.68 bits per heavy atom. The van der Waals surface area contributed by atoms with Gasteiger partial charge in [0.2, 0.25) is 0 Å². The summed E-state index contributed by atoms with van der Waals surface area (Å²) in [5, 5.41) is 0.911. The summed E-state index contributed by atoms with van der Waals surface area (Å²) in [5.74, 6) is 0. The second kappa shape index (κ2) is 6.92. The zero-order chi connectivity index (χ0) is 15.3. The van der Waals surface area contributed by atoms with Crippen molar-refractivity contribution in [1.82, 2.24) is 0 Å². The van der Waals surface area contributed by atoms with Gasteiger partial charge in [0.25, 0.3) is 0 Å². The summed E-state index contributed by atoms with van der Waals surface area (Å²) in [6.07, 6.45) is 11.9. The molecule has 3 aromatic rings. The number of furan rings is 3. The Bertz CT molecular complexity index is 595. The molecule has 0 bridgehead atoms. The molecule has 0 unspecified atom stereocenters. The molecule has 0 amide bonds. The van der Waals surface area contributed by atoms with Gasteiger partial charge in [0.15, 0.2) is 0 Å². The third kappa shape index (κ3) is 2.73. The molecule has 3 rings (SSSR count). The average molecular weight is 357 g/mol.